The van der Waals surface area contributed by atoms with Gasteiger partial charge in [0.05, 0.1) is 18.6 Å². The van der Waals surface area contributed by atoms with Crippen molar-refractivity contribution < 1.29 is 4.74 Å². The molecule has 1 saturated carbocycles. The topological polar surface area (TPSA) is 33.0 Å². The lowest BCUT2D eigenvalue weighted by molar-refractivity contribution is 0.407. The highest BCUT2D eigenvalue weighted by atomic mass is 79.9. The second-order valence-corrected chi connectivity index (χ2v) is 4.95. The molecule has 0 amide bonds. The van der Waals surface area contributed by atoms with Crippen molar-refractivity contribution >= 4 is 27.5 Å². The summed E-state index contributed by atoms with van der Waals surface area (Å²) in [6, 6.07) is 5.90. The van der Waals surface area contributed by atoms with Gasteiger partial charge >= 0.3 is 0 Å². The largest absolute Gasteiger partial charge is 0.496 e. The van der Waals surface area contributed by atoms with Crippen molar-refractivity contribution in [3.05, 3.63) is 27.2 Å². The van der Waals surface area contributed by atoms with E-state index >= 15 is 0 Å². The van der Waals surface area contributed by atoms with Crippen LogP contribution in [0.25, 0.3) is 0 Å². The molecule has 0 bridgehead atoms. The van der Waals surface area contributed by atoms with Crippen LogP contribution in [0.1, 0.15) is 18.4 Å². The molecule has 78 valence electrons. The predicted molar refractivity (Wildman–Crippen MR) is 62.2 cm³/mol. The van der Waals surface area contributed by atoms with E-state index in [1.165, 1.54) is 0 Å². The van der Waals surface area contributed by atoms with Crippen LogP contribution < -0.4 is 4.74 Å². The minimum Gasteiger partial charge on any atom is -0.496 e. The molecule has 0 atom stereocenters. The summed E-state index contributed by atoms with van der Waals surface area (Å²) in [4.78, 5) is 0. The normalized spacial score (nSPS) is 16.9. The lowest BCUT2D eigenvalue weighted by Gasteiger charge is -2.14. The fourth-order valence-corrected chi connectivity index (χ4v) is 2.88. The molecular weight excluding hydrogens is 277 g/mol. The van der Waals surface area contributed by atoms with E-state index in [0.29, 0.717) is 10.8 Å². The number of nitriles is 1. The van der Waals surface area contributed by atoms with Crippen molar-refractivity contribution in [2.24, 2.45) is 0 Å². The molecule has 1 aromatic carbocycles. The molecule has 4 heteroatoms. The van der Waals surface area contributed by atoms with E-state index in [2.05, 4.69) is 22.0 Å². The summed E-state index contributed by atoms with van der Waals surface area (Å²) in [7, 11) is 1.59. The Labute approximate surface area is 102 Å². The van der Waals surface area contributed by atoms with Crippen molar-refractivity contribution in [1.82, 2.24) is 0 Å². The van der Waals surface area contributed by atoms with Gasteiger partial charge in [0.15, 0.2) is 0 Å². The summed E-state index contributed by atoms with van der Waals surface area (Å²) in [6.07, 6.45) is 1.78. The zero-order valence-electron chi connectivity index (χ0n) is 8.18. The quantitative estimate of drug-likeness (QED) is 0.831. The van der Waals surface area contributed by atoms with Gasteiger partial charge < -0.3 is 4.74 Å². The maximum Gasteiger partial charge on any atom is 0.126 e. The number of halogens is 2. The van der Waals surface area contributed by atoms with Gasteiger partial charge in [-0.25, -0.2) is 0 Å². The van der Waals surface area contributed by atoms with Gasteiger partial charge in [0.1, 0.15) is 5.75 Å². The van der Waals surface area contributed by atoms with Crippen molar-refractivity contribution in [1.29, 1.82) is 5.26 Å². The van der Waals surface area contributed by atoms with Crippen LogP contribution in [-0.2, 0) is 5.41 Å². The molecule has 1 aliphatic carbocycles. The Hall–Kier alpha value is -0.720. The number of nitrogens with zero attached hydrogens (tertiary/aromatic N) is 1. The molecule has 0 aliphatic heterocycles. The maximum absolute atomic E-state index is 9.16. The smallest absolute Gasteiger partial charge is 0.126 e. The van der Waals surface area contributed by atoms with Crippen molar-refractivity contribution in [3.63, 3.8) is 0 Å². The highest BCUT2D eigenvalue weighted by Crippen LogP contribution is 2.53. The molecule has 2 rings (SSSR count). The third-order valence-corrected chi connectivity index (χ3v) is 3.52. The zero-order valence-corrected chi connectivity index (χ0v) is 10.5. The van der Waals surface area contributed by atoms with E-state index in [4.69, 9.17) is 21.6 Å². The summed E-state index contributed by atoms with van der Waals surface area (Å²) < 4.78 is 6.12. The fraction of sp³-hybridized carbons (Fsp3) is 0.364. The van der Waals surface area contributed by atoms with Gasteiger partial charge in [-0.05, 0) is 25.0 Å². The van der Waals surface area contributed by atoms with E-state index in [1.807, 2.05) is 0 Å². The Balaban J connectivity index is 2.60. The molecule has 0 heterocycles. The van der Waals surface area contributed by atoms with Crippen molar-refractivity contribution in [3.8, 4) is 11.8 Å². The van der Waals surface area contributed by atoms with Crippen molar-refractivity contribution in [2.75, 3.05) is 7.11 Å². The summed E-state index contributed by atoms with van der Waals surface area (Å²) in [6.45, 7) is 0. The first kappa shape index (κ1) is 10.8. The summed E-state index contributed by atoms with van der Waals surface area (Å²) in [5, 5.41) is 9.77. The second kappa shape index (κ2) is 3.70. The molecule has 1 aromatic rings. The first-order valence-corrected chi connectivity index (χ1v) is 5.75. The van der Waals surface area contributed by atoms with Gasteiger partial charge in [0, 0.05) is 15.1 Å². The standard InChI is InChI=1S/C11H9BrClNO/c1-15-9-5-7(13)4-8(12)10(9)11(6-14)2-3-11/h4-5H,2-3H2,1H3. The number of hydrogen-bond acceptors (Lipinski definition) is 2. The Kier molecular flexibility index (Phi) is 2.66. The average Bonchev–Trinajstić information content (AvgIpc) is 2.97. The monoisotopic (exact) mass is 285 g/mol. The predicted octanol–water partition coefficient (Wildman–Crippen LogP) is 3.67. The van der Waals surface area contributed by atoms with Crippen LogP contribution in [-0.4, -0.2) is 7.11 Å². The molecule has 0 saturated heterocycles. The van der Waals surface area contributed by atoms with Crippen LogP contribution in [0.4, 0.5) is 0 Å². The number of methoxy groups -OCH3 is 1. The molecule has 0 N–H and O–H groups in total. The van der Waals surface area contributed by atoms with Crippen LogP contribution in [0.15, 0.2) is 16.6 Å². The summed E-state index contributed by atoms with van der Waals surface area (Å²) >= 11 is 9.36. The number of rotatable bonds is 2. The molecule has 15 heavy (non-hydrogen) atoms. The van der Waals surface area contributed by atoms with E-state index < -0.39 is 0 Å². The van der Waals surface area contributed by atoms with E-state index in [1.54, 1.807) is 19.2 Å². The molecule has 0 unspecified atom stereocenters. The first-order chi connectivity index (χ1) is 7.13. The zero-order chi connectivity index (χ0) is 11.1. The minimum atomic E-state index is -0.366. The van der Waals surface area contributed by atoms with Gasteiger partial charge in [-0.2, -0.15) is 5.26 Å². The lowest BCUT2D eigenvalue weighted by atomic mass is 9.97. The van der Waals surface area contributed by atoms with Crippen molar-refractivity contribution in [2.45, 2.75) is 18.3 Å². The van der Waals surface area contributed by atoms with Gasteiger partial charge in [-0.3, -0.25) is 0 Å². The Morgan fingerprint density at radius 3 is 2.67 bits per heavy atom. The Morgan fingerprint density at radius 1 is 1.53 bits per heavy atom. The van der Waals surface area contributed by atoms with Gasteiger partial charge in [0.2, 0.25) is 0 Å². The molecule has 0 aromatic heterocycles. The number of ether oxygens (including phenoxy) is 1. The van der Waals surface area contributed by atoms with Gasteiger partial charge in [-0.1, -0.05) is 27.5 Å². The minimum absolute atomic E-state index is 0.366. The molecule has 1 aliphatic rings. The maximum atomic E-state index is 9.16. The van der Waals surface area contributed by atoms with Crippen LogP contribution in [0, 0.1) is 11.3 Å². The fourth-order valence-electron chi connectivity index (χ4n) is 1.72. The highest BCUT2D eigenvalue weighted by molar-refractivity contribution is 9.10. The SMILES string of the molecule is COc1cc(Cl)cc(Br)c1C1(C#N)CC1. The molecular formula is C11H9BrClNO. The summed E-state index contributed by atoms with van der Waals surface area (Å²) in [5.41, 5.74) is 0.561. The van der Waals surface area contributed by atoms with Gasteiger partial charge in [-0.15, -0.1) is 0 Å². The summed E-state index contributed by atoms with van der Waals surface area (Å²) in [5.74, 6) is 0.688. The molecule has 0 spiro atoms. The third-order valence-electron chi connectivity index (χ3n) is 2.68. The van der Waals surface area contributed by atoms with Crippen LogP contribution in [0.5, 0.6) is 5.75 Å². The third kappa shape index (κ3) is 1.73. The van der Waals surface area contributed by atoms with Crippen LogP contribution in [0.2, 0.25) is 5.02 Å². The van der Waals surface area contributed by atoms with E-state index in [-0.39, 0.29) is 5.41 Å². The van der Waals surface area contributed by atoms with Crippen LogP contribution >= 0.6 is 27.5 Å². The Bertz CT molecular complexity index is 449. The molecule has 1 fully saturated rings. The van der Waals surface area contributed by atoms with E-state index in [9.17, 15) is 0 Å². The van der Waals surface area contributed by atoms with Crippen LogP contribution in [0.3, 0.4) is 0 Å². The highest BCUT2D eigenvalue weighted by Gasteiger charge is 2.48. The average molecular weight is 287 g/mol. The molecule has 0 radical (unpaired) electrons. The van der Waals surface area contributed by atoms with Gasteiger partial charge in [0.25, 0.3) is 0 Å². The van der Waals surface area contributed by atoms with E-state index in [0.717, 1.165) is 22.9 Å². The number of benzene rings is 1. The first-order valence-electron chi connectivity index (χ1n) is 4.58. The molecule has 2 nitrogen and oxygen atoms in total. The lowest BCUT2D eigenvalue weighted by Crippen LogP contribution is -2.06. The number of hydrogen-bond donors (Lipinski definition) is 0. The second-order valence-electron chi connectivity index (χ2n) is 3.66. The Morgan fingerprint density at radius 2 is 2.20 bits per heavy atom.